The molecule has 1 aromatic heterocycles. The smallest absolute Gasteiger partial charge is 0.264 e. The Morgan fingerprint density at radius 2 is 1.84 bits per heavy atom. The van der Waals surface area contributed by atoms with Crippen molar-refractivity contribution in [3.63, 3.8) is 0 Å². The summed E-state index contributed by atoms with van der Waals surface area (Å²) < 4.78 is 28.8. The molecule has 2 aromatic carbocycles. The van der Waals surface area contributed by atoms with Gasteiger partial charge in [-0.3, -0.25) is 14.4 Å². The van der Waals surface area contributed by atoms with Gasteiger partial charge in [-0.05, 0) is 43.5 Å². The van der Waals surface area contributed by atoms with Crippen molar-refractivity contribution in [2.45, 2.75) is 36.9 Å². The number of hydrogen-bond acceptors (Lipinski definition) is 7. The van der Waals surface area contributed by atoms with Gasteiger partial charge in [0.1, 0.15) is 6.54 Å². The summed E-state index contributed by atoms with van der Waals surface area (Å²) in [5.41, 5.74) is 2.23. The Morgan fingerprint density at radius 1 is 1.12 bits per heavy atom. The van der Waals surface area contributed by atoms with Crippen LogP contribution in [-0.2, 0) is 14.8 Å². The molecule has 3 aromatic rings. The van der Waals surface area contributed by atoms with Crippen molar-refractivity contribution >= 4 is 49.8 Å². The highest BCUT2D eigenvalue weighted by Gasteiger charge is 2.28. The van der Waals surface area contributed by atoms with Crippen LogP contribution in [0.15, 0.2) is 57.8 Å². The van der Waals surface area contributed by atoms with Crippen LogP contribution in [0.5, 0.6) is 0 Å². The number of nitrogens with one attached hydrogen (secondary N) is 1. The lowest BCUT2D eigenvalue weighted by Crippen LogP contribution is -2.38. The summed E-state index contributed by atoms with van der Waals surface area (Å²) in [5, 5.41) is 11.1. The van der Waals surface area contributed by atoms with Crippen LogP contribution in [-0.4, -0.2) is 36.8 Å². The second-order valence-corrected chi connectivity index (χ2v) is 11.8. The zero-order chi connectivity index (χ0) is 23.3. The molecule has 0 aliphatic heterocycles. The molecule has 0 atom stereocenters. The minimum absolute atomic E-state index is 0.121. The highest BCUT2D eigenvalue weighted by atomic mass is 32.2. The molecule has 0 bridgehead atoms. The van der Waals surface area contributed by atoms with Gasteiger partial charge in [-0.25, -0.2) is 8.42 Å². The fourth-order valence-corrected chi connectivity index (χ4v) is 6.20. The van der Waals surface area contributed by atoms with Crippen LogP contribution in [0.4, 0.5) is 10.8 Å². The maximum atomic E-state index is 13.4. The molecular formula is C22H26N4O3S3. The molecular weight excluding hydrogens is 464 g/mol. The summed E-state index contributed by atoms with van der Waals surface area (Å²) in [6.07, 6.45) is 0. The minimum atomic E-state index is -3.95. The normalized spacial score (nSPS) is 11.5. The fraction of sp³-hybridized carbons (Fsp3) is 0.318. The summed E-state index contributed by atoms with van der Waals surface area (Å²) in [7, 11) is -3.95. The van der Waals surface area contributed by atoms with Crippen LogP contribution in [0, 0.1) is 19.8 Å². The van der Waals surface area contributed by atoms with Gasteiger partial charge >= 0.3 is 0 Å². The molecule has 1 N–H and O–H groups in total. The first-order valence-electron chi connectivity index (χ1n) is 10.1. The van der Waals surface area contributed by atoms with E-state index in [9.17, 15) is 13.2 Å². The maximum absolute atomic E-state index is 13.4. The van der Waals surface area contributed by atoms with Gasteiger partial charge in [0.2, 0.25) is 11.0 Å². The number of aromatic nitrogens is 2. The Hall–Kier alpha value is -2.43. The van der Waals surface area contributed by atoms with E-state index < -0.39 is 15.9 Å². The van der Waals surface area contributed by atoms with E-state index in [1.165, 1.54) is 23.5 Å². The van der Waals surface area contributed by atoms with Gasteiger partial charge in [0.05, 0.1) is 10.6 Å². The summed E-state index contributed by atoms with van der Waals surface area (Å²) in [6.45, 7) is 7.62. The van der Waals surface area contributed by atoms with Crippen LogP contribution in [0.3, 0.4) is 0 Å². The lowest BCUT2D eigenvalue weighted by Gasteiger charge is -2.25. The molecule has 1 amide bonds. The minimum Gasteiger partial charge on any atom is -0.299 e. The highest BCUT2D eigenvalue weighted by Crippen LogP contribution is 2.29. The number of benzene rings is 2. The second-order valence-electron chi connectivity index (χ2n) is 7.74. The molecule has 1 heterocycles. The molecule has 32 heavy (non-hydrogen) atoms. The van der Waals surface area contributed by atoms with Crippen molar-refractivity contribution in [2.24, 2.45) is 5.92 Å². The first kappa shape index (κ1) is 24.2. The Bertz CT molecular complexity index is 1180. The molecule has 0 radical (unpaired) electrons. The van der Waals surface area contributed by atoms with E-state index in [1.54, 1.807) is 36.0 Å². The second kappa shape index (κ2) is 10.5. The van der Waals surface area contributed by atoms with Crippen LogP contribution in [0.2, 0.25) is 0 Å². The van der Waals surface area contributed by atoms with Gasteiger partial charge in [-0.2, -0.15) is 0 Å². The topological polar surface area (TPSA) is 92.3 Å². The maximum Gasteiger partial charge on any atom is 0.264 e. The van der Waals surface area contributed by atoms with Crippen molar-refractivity contribution in [3.05, 3.63) is 59.7 Å². The van der Waals surface area contributed by atoms with E-state index >= 15 is 0 Å². The third kappa shape index (κ3) is 6.08. The van der Waals surface area contributed by atoms with Crippen LogP contribution in [0.25, 0.3) is 0 Å². The summed E-state index contributed by atoms with van der Waals surface area (Å²) in [6, 6.07) is 13.6. The fourth-order valence-electron chi connectivity index (χ4n) is 2.95. The standard InChI is InChI=1S/C22H26N4O3S3/c1-15(2)14-30-22-25-24-21(31-22)23-20(27)13-26(19-11-10-16(3)12-17(19)4)32(28,29)18-8-6-5-7-9-18/h5-12,15H,13-14H2,1-4H3,(H,23,24,27). The monoisotopic (exact) mass is 490 g/mol. The molecule has 3 rings (SSSR count). The van der Waals surface area contributed by atoms with E-state index in [-0.39, 0.29) is 11.4 Å². The van der Waals surface area contributed by atoms with Gasteiger partial charge in [-0.15, -0.1) is 10.2 Å². The number of hydrogen-bond donors (Lipinski definition) is 1. The average Bonchev–Trinajstić information content (AvgIpc) is 3.19. The predicted octanol–water partition coefficient (Wildman–Crippen LogP) is 4.74. The van der Waals surface area contributed by atoms with Crippen molar-refractivity contribution < 1.29 is 13.2 Å². The van der Waals surface area contributed by atoms with Crippen molar-refractivity contribution in [1.29, 1.82) is 0 Å². The Labute approximate surface area is 197 Å². The van der Waals surface area contributed by atoms with E-state index in [4.69, 9.17) is 0 Å². The van der Waals surface area contributed by atoms with E-state index in [0.29, 0.717) is 16.7 Å². The molecule has 0 fully saturated rings. The van der Waals surface area contributed by atoms with Gasteiger partial charge in [0.25, 0.3) is 10.0 Å². The quantitative estimate of drug-likeness (QED) is 0.344. The number of aryl methyl sites for hydroxylation is 2. The molecule has 7 nitrogen and oxygen atoms in total. The SMILES string of the molecule is Cc1ccc(N(CC(=O)Nc2nnc(SCC(C)C)s2)S(=O)(=O)c2ccccc2)c(C)c1. The number of carbonyl (C=O) groups is 1. The predicted molar refractivity (Wildman–Crippen MR) is 131 cm³/mol. The lowest BCUT2D eigenvalue weighted by molar-refractivity contribution is -0.114. The molecule has 170 valence electrons. The molecule has 0 saturated heterocycles. The van der Waals surface area contributed by atoms with Crippen LogP contribution in [0.1, 0.15) is 25.0 Å². The van der Waals surface area contributed by atoms with Crippen molar-refractivity contribution in [3.8, 4) is 0 Å². The highest BCUT2D eigenvalue weighted by molar-refractivity contribution is 8.01. The number of anilines is 2. The molecule has 0 saturated carbocycles. The van der Waals surface area contributed by atoms with Crippen LogP contribution >= 0.6 is 23.1 Å². The number of nitrogens with zero attached hydrogens (tertiary/aromatic N) is 3. The van der Waals surface area contributed by atoms with Crippen LogP contribution < -0.4 is 9.62 Å². The third-order valence-electron chi connectivity index (χ3n) is 4.43. The molecule has 10 heteroatoms. The molecule has 0 aliphatic rings. The van der Waals surface area contributed by atoms with Gasteiger partial charge in [0, 0.05) is 5.75 Å². The van der Waals surface area contributed by atoms with Gasteiger partial charge in [0.15, 0.2) is 4.34 Å². The number of carbonyl (C=O) groups excluding carboxylic acids is 1. The number of sulfonamides is 1. The Kier molecular flexibility index (Phi) is 7.91. The van der Waals surface area contributed by atoms with Crippen molar-refractivity contribution in [2.75, 3.05) is 21.9 Å². The largest absolute Gasteiger partial charge is 0.299 e. The number of thioether (sulfide) groups is 1. The van der Waals surface area contributed by atoms with Crippen molar-refractivity contribution in [1.82, 2.24) is 10.2 Å². The molecule has 0 spiro atoms. The summed E-state index contributed by atoms with van der Waals surface area (Å²) in [4.78, 5) is 13.0. The zero-order valence-electron chi connectivity index (χ0n) is 18.4. The van der Waals surface area contributed by atoms with E-state index in [2.05, 4.69) is 29.4 Å². The molecule has 0 aliphatic carbocycles. The number of rotatable bonds is 9. The first-order valence-corrected chi connectivity index (χ1v) is 13.3. The third-order valence-corrected chi connectivity index (χ3v) is 8.61. The molecule has 0 unspecified atom stereocenters. The van der Waals surface area contributed by atoms with E-state index in [0.717, 1.165) is 25.5 Å². The lowest BCUT2D eigenvalue weighted by atomic mass is 10.1. The van der Waals surface area contributed by atoms with Gasteiger partial charge < -0.3 is 0 Å². The summed E-state index contributed by atoms with van der Waals surface area (Å²) in [5.74, 6) is 0.927. The zero-order valence-corrected chi connectivity index (χ0v) is 20.9. The van der Waals surface area contributed by atoms with E-state index in [1.807, 2.05) is 26.0 Å². The average molecular weight is 491 g/mol. The first-order chi connectivity index (χ1) is 15.2. The Balaban J connectivity index is 1.85. The summed E-state index contributed by atoms with van der Waals surface area (Å²) >= 11 is 2.86. The number of amides is 1. The Morgan fingerprint density at radius 3 is 2.50 bits per heavy atom. The van der Waals surface area contributed by atoms with Gasteiger partial charge in [-0.1, -0.05) is 72.8 Å².